The first-order chi connectivity index (χ1) is 12.3. The standard InChI is InChI=1S/C19H25N5O/c1-14-12-22-19(21-5-3-7-24-8-10-25-11-9-24)17-15-13-20-6-4-16(15)23(2)18(14)17/h4,6,12-13H,3,5,7-11H2,1-2H3,(H,21,22). The number of nitrogens with one attached hydrogen (secondary N) is 1. The molecule has 4 rings (SSSR count). The van der Waals surface area contributed by atoms with Gasteiger partial charge in [-0.2, -0.15) is 0 Å². The first-order valence-corrected chi connectivity index (χ1v) is 8.97. The van der Waals surface area contributed by atoms with Crippen LogP contribution in [0, 0.1) is 6.92 Å². The molecule has 0 atom stereocenters. The Morgan fingerprint density at radius 1 is 1.24 bits per heavy atom. The summed E-state index contributed by atoms with van der Waals surface area (Å²) >= 11 is 0. The number of nitrogens with zero attached hydrogens (tertiary/aromatic N) is 4. The molecule has 0 spiro atoms. The lowest BCUT2D eigenvalue weighted by molar-refractivity contribution is 0.0378. The molecule has 6 heteroatoms. The van der Waals surface area contributed by atoms with Crippen LogP contribution in [-0.2, 0) is 11.8 Å². The molecule has 1 fully saturated rings. The van der Waals surface area contributed by atoms with Crippen molar-refractivity contribution in [2.45, 2.75) is 13.3 Å². The molecule has 0 radical (unpaired) electrons. The van der Waals surface area contributed by atoms with Crippen molar-refractivity contribution in [1.29, 1.82) is 0 Å². The molecule has 0 aliphatic carbocycles. The third-order valence-electron chi connectivity index (χ3n) is 5.05. The summed E-state index contributed by atoms with van der Waals surface area (Å²) in [6.45, 7) is 7.93. The van der Waals surface area contributed by atoms with Gasteiger partial charge in [0.25, 0.3) is 0 Å². The maximum atomic E-state index is 5.40. The summed E-state index contributed by atoms with van der Waals surface area (Å²) in [6.07, 6.45) is 6.84. The molecule has 4 heterocycles. The van der Waals surface area contributed by atoms with Crippen molar-refractivity contribution in [3.05, 3.63) is 30.2 Å². The molecule has 0 amide bonds. The molecular weight excluding hydrogens is 314 g/mol. The second-order valence-electron chi connectivity index (χ2n) is 6.70. The van der Waals surface area contributed by atoms with Crippen molar-refractivity contribution in [3.63, 3.8) is 0 Å². The molecule has 132 valence electrons. The minimum absolute atomic E-state index is 0.858. The van der Waals surface area contributed by atoms with Gasteiger partial charge in [-0.15, -0.1) is 0 Å². The lowest BCUT2D eigenvalue weighted by Crippen LogP contribution is -2.37. The summed E-state index contributed by atoms with van der Waals surface area (Å²) in [5.74, 6) is 0.959. The Morgan fingerprint density at radius 2 is 2.08 bits per heavy atom. The molecule has 0 unspecified atom stereocenters. The largest absolute Gasteiger partial charge is 0.379 e. The molecule has 1 aliphatic heterocycles. The van der Waals surface area contributed by atoms with E-state index in [0.717, 1.165) is 57.0 Å². The third-order valence-corrected chi connectivity index (χ3v) is 5.05. The third kappa shape index (κ3) is 3.07. The van der Waals surface area contributed by atoms with E-state index in [1.165, 1.54) is 22.0 Å². The van der Waals surface area contributed by atoms with E-state index in [4.69, 9.17) is 4.74 Å². The number of fused-ring (bicyclic) bond motifs is 3. The van der Waals surface area contributed by atoms with Crippen LogP contribution in [0.15, 0.2) is 24.7 Å². The molecule has 1 N–H and O–H groups in total. The molecule has 0 aromatic carbocycles. The zero-order chi connectivity index (χ0) is 17.2. The Bertz CT molecular complexity index is 882. The predicted molar refractivity (Wildman–Crippen MR) is 101 cm³/mol. The fourth-order valence-electron chi connectivity index (χ4n) is 3.74. The van der Waals surface area contributed by atoms with Crippen LogP contribution in [0.5, 0.6) is 0 Å². The van der Waals surface area contributed by atoms with E-state index in [1.54, 1.807) is 0 Å². The molecular formula is C19H25N5O. The van der Waals surface area contributed by atoms with Crippen LogP contribution in [0.4, 0.5) is 5.82 Å². The van der Waals surface area contributed by atoms with Gasteiger partial charge in [-0.3, -0.25) is 9.88 Å². The van der Waals surface area contributed by atoms with Crippen molar-refractivity contribution in [2.24, 2.45) is 7.05 Å². The average Bonchev–Trinajstić information content (AvgIpc) is 2.96. The minimum Gasteiger partial charge on any atom is -0.379 e. The van der Waals surface area contributed by atoms with Crippen LogP contribution < -0.4 is 5.32 Å². The van der Waals surface area contributed by atoms with E-state index in [1.807, 2.05) is 18.6 Å². The van der Waals surface area contributed by atoms with Crippen LogP contribution >= 0.6 is 0 Å². The van der Waals surface area contributed by atoms with Crippen molar-refractivity contribution < 1.29 is 4.74 Å². The van der Waals surface area contributed by atoms with Gasteiger partial charge in [0.2, 0.25) is 0 Å². The number of rotatable bonds is 5. The van der Waals surface area contributed by atoms with Gasteiger partial charge in [0.1, 0.15) is 5.82 Å². The van der Waals surface area contributed by atoms with Gasteiger partial charge >= 0.3 is 0 Å². The molecule has 25 heavy (non-hydrogen) atoms. The summed E-state index contributed by atoms with van der Waals surface area (Å²) in [5.41, 5.74) is 3.61. The number of ether oxygens (including phenoxy) is 1. The molecule has 0 bridgehead atoms. The van der Waals surface area contributed by atoms with Gasteiger partial charge in [0, 0.05) is 50.7 Å². The Morgan fingerprint density at radius 3 is 2.92 bits per heavy atom. The van der Waals surface area contributed by atoms with Crippen LogP contribution in [0.25, 0.3) is 21.8 Å². The lowest BCUT2D eigenvalue weighted by atomic mass is 10.1. The highest BCUT2D eigenvalue weighted by Crippen LogP contribution is 2.33. The van der Waals surface area contributed by atoms with Crippen LogP contribution in [-0.4, -0.2) is 58.8 Å². The molecule has 6 nitrogen and oxygen atoms in total. The van der Waals surface area contributed by atoms with E-state index in [2.05, 4.69) is 44.8 Å². The quantitative estimate of drug-likeness (QED) is 0.724. The fourth-order valence-corrected chi connectivity index (χ4v) is 3.74. The maximum Gasteiger partial charge on any atom is 0.136 e. The number of aromatic nitrogens is 3. The van der Waals surface area contributed by atoms with Gasteiger partial charge in [-0.05, 0) is 31.5 Å². The average molecular weight is 339 g/mol. The molecule has 1 saturated heterocycles. The first kappa shape index (κ1) is 16.3. The van der Waals surface area contributed by atoms with Gasteiger partial charge in [-0.1, -0.05) is 0 Å². The number of aryl methyl sites for hydroxylation is 2. The highest BCUT2D eigenvalue weighted by Gasteiger charge is 2.15. The van der Waals surface area contributed by atoms with Gasteiger partial charge < -0.3 is 14.6 Å². The summed E-state index contributed by atoms with van der Waals surface area (Å²) < 4.78 is 7.64. The summed E-state index contributed by atoms with van der Waals surface area (Å²) in [6, 6.07) is 2.07. The highest BCUT2D eigenvalue weighted by atomic mass is 16.5. The predicted octanol–water partition coefficient (Wildman–Crippen LogP) is 2.56. The Balaban J connectivity index is 1.55. The number of hydrogen-bond donors (Lipinski definition) is 1. The monoisotopic (exact) mass is 339 g/mol. The lowest BCUT2D eigenvalue weighted by Gasteiger charge is -2.26. The highest BCUT2D eigenvalue weighted by molar-refractivity contribution is 6.13. The van der Waals surface area contributed by atoms with Gasteiger partial charge in [0.15, 0.2) is 0 Å². The van der Waals surface area contributed by atoms with Crippen LogP contribution in [0.3, 0.4) is 0 Å². The Kier molecular flexibility index (Phi) is 4.55. The topological polar surface area (TPSA) is 55.2 Å². The number of hydrogen-bond acceptors (Lipinski definition) is 5. The van der Waals surface area contributed by atoms with E-state index < -0.39 is 0 Å². The van der Waals surface area contributed by atoms with Gasteiger partial charge in [0.05, 0.1) is 29.6 Å². The zero-order valence-electron chi connectivity index (χ0n) is 15.0. The van der Waals surface area contributed by atoms with Crippen molar-refractivity contribution in [2.75, 3.05) is 44.7 Å². The van der Waals surface area contributed by atoms with Crippen molar-refractivity contribution >= 4 is 27.6 Å². The summed E-state index contributed by atoms with van der Waals surface area (Å²) in [4.78, 5) is 11.4. The second-order valence-corrected chi connectivity index (χ2v) is 6.70. The number of pyridine rings is 2. The maximum absolute atomic E-state index is 5.40. The second kappa shape index (κ2) is 6.98. The number of morpholine rings is 1. The van der Waals surface area contributed by atoms with Crippen LogP contribution in [0.2, 0.25) is 0 Å². The SMILES string of the molecule is Cc1cnc(NCCCN2CCOCC2)c2c3cnccc3n(C)c12. The van der Waals surface area contributed by atoms with Crippen LogP contribution in [0.1, 0.15) is 12.0 Å². The smallest absolute Gasteiger partial charge is 0.136 e. The number of anilines is 1. The normalized spacial score (nSPS) is 15.9. The molecule has 1 aliphatic rings. The van der Waals surface area contributed by atoms with E-state index >= 15 is 0 Å². The molecule has 3 aromatic heterocycles. The summed E-state index contributed by atoms with van der Waals surface area (Å²) in [7, 11) is 2.11. The Hall–Kier alpha value is -2.18. The molecule has 3 aromatic rings. The minimum atomic E-state index is 0.858. The zero-order valence-corrected chi connectivity index (χ0v) is 15.0. The Labute approximate surface area is 147 Å². The van der Waals surface area contributed by atoms with E-state index in [9.17, 15) is 0 Å². The summed E-state index contributed by atoms with van der Waals surface area (Å²) in [5, 5.41) is 5.89. The van der Waals surface area contributed by atoms with Gasteiger partial charge in [-0.25, -0.2) is 4.98 Å². The molecule has 0 saturated carbocycles. The van der Waals surface area contributed by atoms with Crippen molar-refractivity contribution in [1.82, 2.24) is 19.4 Å². The van der Waals surface area contributed by atoms with E-state index in [-0.39, 0.29) is 0 Å². The van der Waals surface area contributed by atoms with Crippen molar-refractivity contribution in [3.8, 4) is 0 Å². The fraction of sp³-hybridized carbons (Fsp3) is 0.474. The van der Waals surface area contributed by atoms with E-state index in [0.29, 0.717) is 0 Å². The first-order valence-electron chi connectivity index (χ1n) is 8.97.